The lowest BCUT2D eigenvalue weighted by molar-refractivity contribution is -0.225. The summed E-state index contributed by atoms with van der Waals surface area (Å²) in [6.45, 7) is 19.1. The van der Waals surface area contributed by atoms with Crippen LogP contribution in [0.4, 0.5) is 0 Å². The van der Waals surface area contributed by atoms with E-state index >= 15 is 0 Å². The molecule has 252 valence electrons. The van der Waals surface area contributed by atoms with Crippen molar-refractivity contribution in [1.29, 1.82) is 0 Å². The minimum Gasteiger partial charge on any atom is -0.457 e. The molecular weight excluding hydrogens is 558 g/mol. The number of aliphatic hydroxyl groups is 2. The Morgan fingerprint density at radius 2 is 1.82 bits per heavy atom. The number of ether oxygens (including phenoxy) is 4. The Bertz CT molecular complexity index is 1070. The van der Waals surface area contributed by atoms with Crippen LogP contribution in [0.25, 0.3) is 0 Å². The number of fused-ring (bicyclic) bond motifs is 3. The third-order valence-electron chi connectivity index (χ3n) is 14.2. The maximum Gasteiger partial charge on any atom is 0.303 e. The van der Waals surface area contributed by atoms with Gasteiger partial charge in [-0.05, 0) is 105 Å². The summed E-state index contributed by atoms with van der Waals surface area (Å²) in [5, 5.41) is 26.6. The number of esters is 1. The van der Waals surface area contributed by atoms with Crippen LogP contribution in [-0.4, -0.2) is 78.3 Å². The van der Waals surface area contributed by atoms with Crippen LogP contribution < -0.4 is 5.32 Å². The Balaban J connectivity index is 1.23. The summed E-state index contributed by atoms with van der Waals surface area (Å²) in [6, 6.07) is 0. The van der Waals surface area contributed by atoms with Gasteiger partial charge in [0, 0.05) is 25.4 Å². The van der Waals surface area contributed by atoms with Gasteiger partial charge < -0.3 is 34.5 Å². The summed E-state index contributed by atoms with van der Waals surface area (Å²) >= 11 is 0. The van der Waals surface area contributed by atoms with Crippen LogP contribution in [0.15, 0.2) is 0 Å². The average molecular weight is 620 g/mol. The topological polar surface area (TPSA) is 106 Å². The summed E-state index contributed by atoms with van der Waals surface area (Å²) in [5.41, 5.74) is -1.12. The minimum atomic E-state index is -1.25. The van der Waals surface area contributed by atoms with Gasteiger partial charge in [0.2, 0.25) is 0 Å². The summed E-state index contributed by atoms with van der Waals surface area (Å²) < 4.78 is 25.1. The van der Waals surface area contributed by atoms with Gasteiger partial charge in [-0.1, -0.05) is 41.0 Å². The lowest BCUT2D eigenvalue weighted by Gasteiger charge is -2.53. The van der Waals surface area contributed by atoms with Crippen LogP contribution in [0.1, 0.15) is 113 Å². The molecule has 4 saturated carbocycles. The summed E-state index contributed by atoms with van der Waals surface area (Å²) in [6.07, 6.45) is 7.73. The van der Waals surface area contributed by atoms with Crippen molar-refractivity contribution in [2.24, 2.45) is 45.3 Å². The summed E-state index contributed by atoms with van der Waals surface area (Å²) in [4.78, 5) is 12.0. The maximum absolute atomic E-state index is 12.2. The van der Waals surface area contributed by atoms with Crippen molar-refractivity contribution in [3.63, 3.8) is 0 Å². The predicted octanol–water partition coefficient (Wildman–Crippen LogP) is 5.22. The second kappa shape index (κ2) is 11.4. The minimum absolute atomic E-state index is 0.0627. The highest BCUT2D eigenvalue weighted by atomic mass is 16.7. The summed E-state index contributed by atoms with van der Waals surface area (Å²) in [7, 11) is 0. The number of hydrogen-bond donors (Lipinski definition) is 3. The average Bonchev–Trinajstić information content (AvgIpc) is 3.61. The second-order valence-corrected chi connectivity index (χ2v) is 17.4. The lowest BCUT2D eigenvalue weighted by atomic mass is 9.54. The zero-order valence-electron chi connectivity index (χ0n) is 28.7. The van der Waals surface area contributed by atoms with E-state index in [-0.39, 0.29) is 46.6 Å². The van der Waals surface area contributed by atoms with E-state index in [1.54, 1.807) is 13.8 Å². The molecule has 2 saturated heterocycles. The molecule has 6 rings (SSSR count). The monoisotopic (exact) mass is 619 g/mol. The van der Waals surface area contributed by atoms with Gasteiger partial charge in [-0.3, -0.25) is 4.79 Å². The number of rotatable bonds is 5. The first-order valence-corrected chi connectivity index (χ1v) is 17.8. The van der Waals surface area contributed by atoms with Crippen molar-refractivity contribution in [2.75, 3.05) is 19.7 Å². The molecule has 6 aliphatic rings. The van der Waals surface area contributed by atoms with E-state index in [4.69, 9.17) is 18.9 Å². The molecule has 2 aliphatic heterocycles. The van der Waals surface area contributed by atoms with E-state index in [9.17, 15) is 15.0 Å². The van der Waals surface area contributed by atoms with E-state index in [0.29, 0.717) is 24.4 Å². The number of nitrogens with one attached hydrogen (secondary N) is 1. The molecule has 0 radical (unpaired) electrons. The highest BCUT2D eigenvalue weighted by Gasteiger charge is 2.70. The fourth-order valence-corrected chi connectivity index (χ4v) is 11.8. The largest absolute Gasteiger partial charge is 0.457 e. The van der Waals surface area contributed by atoms with E-state index in [0.717, 1.165) is 51.1 Å². The Morgan fingerprint density at radius 1 is 1.07 bits per heavy atom. The van der Waals surface area contributed by atoms with Crippen LogP contribution in [0.3, 0.4) is 0 Å². The number of carbonyl (C=O) groups excluding carboxylic acids is 1. The zero-order valence-corrected chi connectivity index (χ0v) is 28.7. The maximum atomic E-state index is 12.2. The van der Waals surface area contributed by atoms with E-state index in [1.165, 1.54) is 26.2 Å². The van der Waals surface area contributed by atoms with Gasteiger partial charge in [-0.25, -0.2) is 0 Å². The fraction of sp³-hybridized carbons (Fsp3) is 0.972. The smallest absolute Gasteiger partial charge is 0.303 e. The number of morpholine rings is 1. The first kappa shape index (κ1) is 33.1. The first-order valence-electron chi connectivity index (χ1n) is 17.8. The summed E-state index contributed by atoms with van der Waals surface area (Å²) in [5.74, 6) is 1.39. The van der Waals surface area contributed by atoms with Crippen LogP contribution >= 0.6 is 0 Å². The highest BCUT2D eigenvalue weighted by molar-refractivity contribution is 5.66. The molecule has 8 nitrogen and oxygen atoms in total. The Kier molecular flexibility index (Phi) is 8.61. The van der Waals surface area contributed by atoms with Gasteiger partial charge in [-0.15, -0.1) is 0 Å². The molecule has 2 heterocycles. The van der Waals surface area contributed by atoms with Gasteiger partial charge in [-0.2, -0.15) is 0 Å². The molecule has 0 aromatic rings. The molecule has 3 unspecified atom stereocenters. The molecule has 4 aliphatic carbocycles. The SMILES string of the molecule is CC(=O)O[C@@H](C1C[C@@H](C)[C@H]2C(O1)[C@H](O)[C@@]1(C)CCC[C@H]3C(C)(C)[C@@H](O[C@H]4CNCCO4)CC[C@@]34CC4CC[C@]21C)C(C)(C)O. The first-order chi connectivity index (χ1) is 20.5. The van der Waals surface area contributed by atoms with Gasteiger partial charge in [0.05, 0.1) is 36.6 Å². The van der Waals surface area contributed by atoms with Crippen molar-refractivity contribution >= 4 is 5.97 Å². The van der Waals surface area contributed by atoms with Crippen molar-refractivity contribution in [1.82, 2.24) is 5.32 Å². The Labute approximate surface area is 265 Å². The highest BCUT2D eigenvalue weighted by Crippen LogP contribution is 2.74. The van der Waals surface area contributed by atoms with Gasteiger partial charge >= 0.3 is 5.97 Å². The second-order valence-electron chi connectivity index (χ2n) is 17.4. The molecular formula is C36H61NO7. The van der Waals surface area contributed by atoms with Crippen molar-refractivity contribution in [3.05, 3.63) is 0 Å². The Morgan fingerprint density at radius 3 is 2.48 bits per heavy atom. The standard InChI is InChI=1S/C36H61NO7/c1-21-18-24(31(33(5,6)40)42-22(2)38)43-29-28(21)34(7)14-11-23-19-36(23)15-12-26(44-27-20-37-16-17-41-27)32(3,4)25(36)10-9-13-35(34,8)30(29)39/h21,23-31,37,39-40H,9-20H2,1-8H3/t21-,23?,24?,25+,26+,27+,28+,29?,30+,31+,34-,35-,36+/m1/s1. The van der Waals surface area contributed by atoms with Crippen molar-refractivity contribution in [2.45, 2.75) is 156 Å². The van der Waals surface area contributed by atoms with Crippen LogP contribution in [-0.2, 0) is 23.7 Å². The number of hydrogen-bond acceptors (Lipinski definition) is 8. The molecule has 13 atom stereocenters. The molecule has 6 fully saturated rings. The quantitative estimate of drug-likeness (QED) is 0.360. The predicted molar refractivity (Wildman–Crippen MR) is 168 cm³/mol. The number of carbonyl (C=O) groups is 1. The molecule has 1 spiro atoms. The van der Waals surface area contributed by atoms with Gasteiger partial charge in [0.25, 0.3) is 0 Å². The van der Waals surface area contributed by atoms with Crippen LogP contribution in [0, 0.1) is 45.3 Å². The van der Waals surface area contributed by atoms with E-state index < -0.39 is 29.9 Å². The number of aliphatic hydroxyl groups excluding tert-OH is 1. The van der Waals surface area contributed by atoms with Crippen LogP contribution in [0.5, 0.6) is 0 Å². The van der Waals surface area contributed by atoms with Crippen LogP contribution in [0.2, 0.25) is 0 Å². The molecule has 0 aromatic carbocycles. The third kappa shape index (κ3) is 5.30. The van der Waals surface area contributed by atoms with Crippen molar-refractivity contribution < 1.29 is 34.0 Å². The molecule has 0 bridgehead atoms. The molecule has 0 amide bonds. The fourth-order valence-electron chi connectivity index (χ4n) is 11.8. The molecule has 44 heavy (non-hydrogen) atoms. The third-order valence-corrected chi connectivity index (χ3v) is 14.2. The molecule has 3 N–H and O–H groups in total. The zero-order chi connectivity index (χ0) is 31.9. The lowest BCUT2D eigenvalue weighted by Crippen LogP contribution is -2.55. The Hall–Kier alpha value is -0.770. The van der Waals surface area contributed by atoms with Crippen molar-refractivity contribution in [3.8, 4) is 0 Å². The van der Waals surface area contributed by atoms with Gasteiger partial charge in [0.1, 0.15) is 0 Å². The molecule has 0 aromatic heterocycles. The normalized spacial score (nSPS) is 49.5. The van der Waals surface area contributed by atoms with Gasteiger partial charge in [0.15, 0.2) is 12.4 Å². The molecule has 8 heteroatoms. The van der Waals surface area contributed by atoms with E-state index in [1.807, 2.05) is 0 Å². The van der Waals surface area contributed by atoms with E-state index in [2.05, 4.69) is 39.9 Å².